The van der Waals surface area contributed by atoms with Crippen LogP contribution in [0.25, 0.3) is 0 Å². The minimum Gasteiger partial charge on any atom is -0.388 e. The summed E-state index contributed by atoms with van der Waals surface area (Å²) in [6.07, 6.45) is -1.94. The molecule has 0 saturated carbocycles. The van der Waals surface area contributed by atoms with E-state index in [4.69, 9.17) is 20.9 Å². The molecule has 9 atom stereocenters. The van der Waals surface area contributed by atoms with Gasteiger partial charge in [0.1, 0.15) is 29.9 Å². The third kappa shape index (κ3) is 5.58. The molecule has 0 aromatic carbocycles. The Morgan fingerprint density at radius 3 is 2.71 bits per heavy atom. The lowest BCUT2D eigenvalue weighted by atomic mass is 9.92. The van der Waals surface area contributed by atoms with Crippen LogP contribution in [0.2, 0.25) is 0 Å². The topological polar surface area (TPSA) is 108 Å². The molecule has 3 N–H and O–H groups in total. The molecule has 11 heteroatoms. The molecule has 0 aliphatic carbocycles. The summed E-state index contributed by atoms with van der Waals surface area (Å²) in [5, 5.41) is 23.1. The Labute approximate surface area is 178 Å². The molecular formula is C17H30ClN2O6PS. The van der Waals surface area contributed by atoms with Crippen LogP contribution in [0, 0.1) is 5.92 Å². The highest BCUT2D eigenvalue weighted by atomic mass is 35.5. The lowest BCUT2D eigenvalue weighted by molar-refractivity contribution is -0.196. The zero-order chi connectivity index (χ0) is 21.0. The van der Waals surface area contributed by atoms with Crippen molar-refractivity contribution in [2.45, 2.75) is 80.4 Å². The smallest absolute Gasteiger partial charge is 0.327 e. The van der Waals surface area contributed by atoms with Crippen molar-refractivity contribution >= 4 is 38.8 Å². The number of halogens is 1. The molecule has 1 amide bonds. The van der Waals surface area contributed by atoms with Gasteiger partial charge in [-0.1, -0.05) is 13.3 Å². The summed E-state index contributed by atoms with van der Waals surface area (Å²) in [7, 11) is 1.26. The van der Waals surface area contributed by atoms with E-state index in [1.165, 1.54) is 0 Å². The van der Waals surface area contributed by atoms with Gasteiger partial charge < -0.3 is 20.3 Å². The molecule has 0 aromatic heterocycles. The Morgan fingerprint density at radius 2 is 2.14 bits per heavy atom. The number of ether oxygens (including phenoxy) is 1. The Balaban J connectivity index is 2.09. The maximum Gasteiger partial charge on any atom is 0.327 e. The quantitative estimate of drug-likeness (QED) is 0.247. The minimum absolute atomic E-state index is 0.184. The number of nitrogens with one attached hydrogen (secondary N) is 1. The van der Waals surface area contributed by atoms with E-state index >= 15 is 0 Å². The van der Waals surface area contributed by atoms with Crippen molar-refractivity contribution in [1.29, 1.82) is 0 Å². The molecule has 0 unspecified atom stereocenters. The van der Waals surface area contributed by atoms with Crippen LogP contribution in [0.5, 0.6) is 0 Å². The normalized spacial score (nSPS) is 39.0. The van der Waals surface area contributed by atoms with Gasteiger partial charge in [0.2, 0.25) is 5.91 Å². The van der Waals surface area contributed by atoms with E-state index in [9.17, 15) is 19.6 Å². The first kappa shape index (κ1) is 24.3. The molecule has 2 aliphatic rings. The Kier molecular flexibility index (Phi) is 9.42. The first-order valence-corrected chi connectivity index (χ1v) is 11.2. The van der Waals surface area contributed by atoms with Gasteiger partial charge in [0.05, 0.1) is 17.5 Å². The molecule has 162 valence electrons. The molecule has 2 rings (SSSR count). The van der Waals surface area contributed by atoms with Gasteiger partial charge in [-0.15, -0.1) is 24.2 Å². The van der Waals surface area contributed by atoms with Crippen LogP contribution in [0.4, 0.5) is 0 Å². The van der Waals surface area contributed by atoms with Gasteiger partial charge >= 0.3 is 8.69 Å². The van der Waals surface area contributed by atoms with E-state index in [0.29, 0.717) is 5.92 Å². The maximum atomic E-state index is 12.9. The van der Waals surface area contributed by atoms with Crippen molar-refractivity contribution in [2.75, 3.05) is 13.6 Å². The number of carbonyl (C=O) groups is 1. The van der Waals surface area contributed by atoms with E-state index in [1.54, 1.807) is 6.92 Å². The first-order chi connectivity index (χ1) is 13.2. The van der Waals surface area contributed by atoms with Gasteiger partial charge in [0.25, 0.3) is 0 Å². The summed E-state index contributed by atoms with van der Waals surface area (Å²) in [5.74, 6) is 0.290. The third-order valence-electron chi connectivity index (χ3n) is 5.56. The number of aliphatic hydroxyl groups excluding tert-OH is 2. The van der Waals surface area contributed by atoms with Crippen LogP contribution in [-0.2, 0) is 18.6 Å². The van der Waals surface area contributed by atoms with E-state index in [0.717, 1.165) is 25.8 Å². The first-order valence-electron chi connectivity index (χ1n) is 9.54. The van der Waals surface area contributed by atoms with Gasteiger partial charge in [-0.25, -0.2) is 4.57 Å². The summed E-state index contributed by atoms with van der Waals surface area (Å²) in [6, 6.07) is -1.03. The van der Waals surface area contributed by atoms with Gasteiger partial charge in [0.15, 0.2) is 0 Å². The number of hydrogen-bond donors (Lipinski definition) is 4. The lowest BCUT2D eigenvalue weighted by Gasteiger charge is -2.43. The van der Waals surface area contributed by atoms with Crippen molar-refractivity contribution in [2.24, 2.45) is 5.92 Å². The van der Waals surface area contributed by atoms with Gasteiger partial charge in [-0.3, -0.25) is 14.2 Å². The molecule has 28 heavy (non-hydrogen) atoms. The van der Waals surface area contributed by atoms with Gasteiger partial charge in [0, 0.05) is 6.54 Å². The Bertz CT molecular complexity index is 548. The number of thiol groups is 1. The number of nitrogens with zero attached hydrogens (tertiary/aromatic N) is 1. The highest BCUT2D eigenvalue weighted by Crippen LogP contribution is 2.31. The van der Waals surface area contributed by atoms with E-state index in [2.05, 4.69) is 24.9 Å². The molecule has 8 nitrogen and oxygen atoms in total. The SMILES string of the molecule is CCC[C@@H]1C[C@H](C(=O)N[C@@H]([C@H]2O[C@H](S)[C@H](OP=O)[C@@H](O)[C@H]2O)[C@@H](C)Cl)N(C)C1. The maximum absolute atomic E-state index is 12.9. The zero-order valence-corrected chi connectivity index (χ0v) is 18.8. The fourth-order valence-electron chi connectivity index (χ4n) is 4.09. The van der Waals surface area contributed by atoms with Crippen molar-refractivity contribution in [1.82, 2.24) is 10.2 Å². The van der Waals surface area contributed by atoms with E-state index < -0.39 is 50.0 Å². The monoisotopic (exact) mass is 456 g/mol. The predicted octanol–water partition coefficient (Wildman–Crippen LogP) is 1.19. The number of hydrogen-bond acceptors (Lipinski definition) is 8. The van der Waals surface area contributed by atoms with Gasteiger partial charge in [-0.2, -0.15) is 0 Å². The fraction of sp³-hybridized carbons (Fsp3) is 0.941. The lowest BCUT2D eigenvalue weighted by Crippen LogP contribution is -2.65. The molecule has 0 aromatic rings. The number of likely N-dealkylation sites (N-methyl/N-ethyl adjacent to an activating group) is 1. The Morgan fingerprint density at radius 1 is 1.46 bits per heavy atom. The minimum atomic E-state index is -1.39. The average Bonchev–Trinajstić information content (AvgIpc) is 3.00. The van der Waals surface area contributed by atoms with Crippen LogP contribution in [0.3, 0.4) is 0 Å². The second kappa shape index (κ2) is 10.9. The highest BCUT2D eigenvalue weighted by Gasteiger charge is 2.49. The van der Waals surface area contributed by atoms with Crippen LogP contribution in [0.1, 0.15) is 33.1 Å². The fourth-order valence-corrected chi connectivity index (χ4v) is 5.10. The molecular weight excluding hydrogens is 427 g/mol. The predicted molar refractivity (Wildman–Crippen MR) is 109 cm³/mol. The van der Waals surface area contributed by atoms with Crippen molar-refractivity contribution in [3.8, 4) is 0 Å². The average molecular weight is 457 g/mol. The summed E-state index contributed by atoms with van der Waals surface area (Å²) >= 11 is 10.5. The van der Waals surface area contributed by atoms with Gasteiger partial charge in [-0.05, 0) is 32.7 Å². The van der Waals surface area contributed by atoms with Crippen molar-refractivity contribution in [3.63, 3.8) is 0 Å². The van der Waals surface area contributed by atoms with Crippen molar-refractivity contribution in [3.05, 3.63) is 0 Å². The molecule has 2 aliphatic heterocycles. The van der Waals surface area contributed by atoms with E-state index in [1.807, 2.05) is 11.9 Å². The highest BCUT2D eigenvalue weighted by molar-refractivity contribution is 7.80. The summed E-state index contributed by atoms with van der Waals surface area (Å²) in [5.41, 5.74) is -0.942. The number of alkyl halides is 1. The third-order valence-corrected chi connectivity index (χ3v) is 6.57. The molecule has 0 radical (unpaired) electrons. The molecule has 0 spiro atoms. The Hall–Kier alpha value is 0.01000. The zero-order valence-electron chi connectivity index (χ0n) is 16.3. The number of rotatable bonds is 8. The van der Waals surface area contributed by atoms with Crippen LogP contribution >= 0.6 is 32.9 Å². The number of aliphatic hydroxyl groups is 2. The summed E-state index contributed by atoms with van der Waals surface area (Å²) < 4.78 is 21.2. The largest absolute Gasteiger partial charge is 0.388 e. The number of amides is 1. The second-order valence-corrected chi connectivity index (χ2v) is 9.23. The van der Waals surface area contributed by atoms with E-state index in [-0.39, 0.29) is 11.9 Å². The summed E-state index contributed by atoms with van der Waals surface area (Å²) in [6.45, 7) is 4.67. The van der Waals surface area contributed by atoms with Crippen molar-refractivity contribution < 1.29 is 28.8 Å². The summed E-state index contributed by atoms with van der Waals surface area (Å²) in [4.78, 5) is 14.9. The molecule has 2 saturated heterocycles. The van der Waals surface area contributed by atoms with Crippen LogP contribution < -0.4 is 5.32 Å². The molecule has 2 heterocycles. The molecule has 2 fully saturated rings. The number of carbonyl (C=O) groups excluding carboxylic acids is 1. The molecule has 0 bridgehead atoms. The van der Waals surface area contributed by atoms with Crippen LogP contribution in [0.15, 0.2) is 0 Å². The second-order valence-electron chi connectivity index (χ2n) is 7.67. The number of likely N-dealkylation sites (tertiary alicyclic amines) is 1. The van der Waals surface area contributed by atoms with Crippen LogP contribution in [-0.4, -0.2) is 81.9 Å². The standard InChI is InChI=1S/C17H30ClN2O6PS/c1-4-5-9-6-10(20(3)7-9)16(23)19-11(8(2)18)14-12(21)13(22)15(26-27-24)17(28)25-14/h8-15,17,21-22,28H,4-7H2,1-3H3,(H,19,23)/t8-,9-,10-,11-,12-,13+,14-,15-,17-/m1/s1.